The molecule has 0 fully saturated rings. The number of ether oxygens (including phenoxy) is 2. The predicted octanol–water partition coefficient (Wildman–Crippen LogP) is 2.16. The number of methoxy groups -OCH3 is 1. The number of esters is 2. The van der Waals surface area contributed by atoms with Crippen LogP contribution in [-0.4, -0.2) is 41.3 Å². The standard InChI is InChI=1S/C16H19N3O5S/c1-5-24-16(22)13-10(3)12(15(21)23-4)14(25-13)18-11(20)8-19-7-9(2)6-17-19/h6-7H,5,8H2,1-4H3,(H,18,20). The van der Waals surface area contributed by atoms with Gasteiger partial charge in [-0.25, -0.2) is 9.59 Å². The Bertz CT molecular complexity index is 809. The van der Waals surface area contributed by atoms with Gasteiger partial charge < -0.3 is 14.8 Å². The second kappa shape index (κ2) is 7.93. The van der Waals surface area contributed by atoms with Crippen molar-refractivity contribution in [1.82, 2.24) is 9.78 Å². The van der Waals surface area contributed by atoms with E-state index in [1.807, 2.05) is 6.92 Å². The van der Waals surface area contributed by atoms with Crippen LogP contribution in [0.5, 0.6) is 0 Å². The number of nitrogens with zero attached hydrogens (tertiary/aromatic N) is 2. The minimum atomic E-state index is -0.630. The average Bonchev–Trinajstić information content (AvgIpc) is 3.10. The number of amides is 1. The van der Waals surface area contributed by atoms with Gasteiger partial charge in [-0.05, 0) is 31.9 Å². The first-order chi connectivity index (χ1) is 11.9. The molecule has 2 heterocycles. The summed E-state index contributed by atoms with van der Waals surface area (Å²) in [5, 5.41) is 6.94. The number of hydrogen-bond donors (Lipinski definition) is 1. The Morgan fingerprint density at radius 1 is 1.28 bits per heavy atom. The van der Waals surface area contributed by atoms with Gasteiger partial charge in [0.1, 0.15) is 16.4 Å². The number of aromatic nitrogens is 2. The van der Waals surface area contributed by atoms with Crippen LogP contribution in [0.15, 0.2) is 12.4 Å². The van der Waals surface area contributed by atoms with Crippen molar-refractivity contribution >= 4 is 34.2 Å². The van der Waals surface area contributed by atoms with E-state index in [2.05, 4.69) is 10.4 Å². The van der Waals surface area contributed by atoms with Gasteiger partial charge >= 0.3 is 11.9 Å². The highest BCUT2D eigenvalue weighted by Gasteiger charge is 2.27. The Morgan fingerprint density at radius 2 is 2.00 bits per heavy atom. The maximum absolute atomic E-state index is 12.2. The average molecular weight is 365 g/mol. The van der Waals surface area contributed by atoms with Gasteiger partial charge in [-0.15, -0.1) is 11.3 Å². The first-order valence-corrected chi connectivity index (χ1v) is 8.36. The van der Waals surface area contributed by atoms with Crippen LogP contribution < -0.4 is 5.32 Å². The van der Waals surface area contributed by atoms with E-state index in [1.165, 1.54) is 11.8 Å². The zero-order valence-electron chi connectivity index (χ0n) is 14.4. The molecule has 0 aliphatic heterocycles. The van der Waals surface area contributed by atoms with Gasteiger partial charge in [0.2, 0.25) is 5.91 Å². The minimum absolute atomic E-state index is 0.0137. The zero-order chi connectivity index (χ0) is 18.6. The molecule has 2 rings (SSSR count). The summed E-state index contributed by atoms with van der Waals surface area (Å²) in [5.74, 6) is -1.54. The van der Waals surface area contributed by atoms with Gasteiger partial charge in [0.25, 0.3) is 0 Å². The second-order valence-corrected chi connectivity index (χ2v) is 6.26. The van der Waals surface area contributed by atoms with Crippen molar-refractivity contribution in [3.8, 4) is 0 Å². The molecule has 25 heavy (non-hydrogen) atoms. The predicted molar refractivity (Wildman–Crippen MR) is 91.9 cm³/mol. The first kappa shape index (κ1) is 18.7. The summed E-state index contributed by atoms with van der Waals surface area (Å²) >= 11 is 0.985. The quantitative estimate of drug-likeness (QED) is 0.788. The molecule has 134 valence electrons. The monoisotopic (exact) mass is 365 g/mol. The van der Waals surface area contributed by atoms with E-state index in [0.29, 0.717) is 5.56 Å². The molecule has 0 aliphatic carbocycles. The second-order valence-electron chi connectivity index (χ2n) is 5.24. The van der Waals surface area contributed by atoms with Crippen molar-refractivity contribution in [2.24, 2.45) is 0 Å². The molecule has 0 saturated carbocycles. The number of aryl methyl sites for hydroxylation is 1. The third kappa shape index (κ3) is 4.24. The Labute approximate surface area is 148 Å². The lowest BCUT2D eigenvalue weighted by Gasteiger charge is -2.06. The van der Waals surface area contributed by atoms with Gasteiger partial charge in [-0.3, -0.25) is 9.48 Å². The maximum atomic E-state index is 12.2. The molecule has 1 amide bonds. The molecule has 2 aromatic rings. The Balaban J connectivity index is 2.28. The number of hydrogen-bond acceptors (Lipinski definition) is 7. The lowest BCUT2D eigenvalue weighted by molar-refractivity contribution is -0.116. The molecule has 2 aromatic heterocycles. The fourth-order valence-electron chi connectivity index (χ4n) is 2.21. The summed E-state index contributed by atoms with van der Waals surface area (Å²) in [6.07, 6.45) is 3.37. The minimum Gasteiger partial charge on any atom is -0.465 e. The van der Waals surface area contributed by atoms with E-state index in [1.54, 1.807) is 26.2 Å². The fraction of sp³-hybridized carbons (Fsp3) is 0.375. The number of carbonyl (C=O) groups excluding carboxylic acids is 3. The topological polar surface area (TPSA) is 99.5 Å². The van der Waals surface area contributed by atoms with Crippen LogP contribution in [0, 0.1) is 13.8 Å². The molecule has 0 unspecified atom stereocenters. The van der Waals surface area contributed by atoms with Crippen molar-refractivity contribution in [1.29, 1.82) is 0 Å². The van der Waals surface area contributed by atoms with Crippen LogP contribution in [-0.2, 0) is 20.8 Å². The Hall–Kier alpha value is -2.68. The normalized spacial score (nSPS) is 10.4. The zero-order valence-corrected chi connectivity index (χ0v) is 15.2. The molecule has 0 aliphatic rings. The highest BCUT2D eigenvalue weighted by molar-refractivity contribution is 7.18. The smallest absolute Gasteiger partial charge is 0.348 e. The lowest BCUT2D eigenvalue weighted by atomic mass is 10.1. The number of nitrogens with one attached hydrogen (secondary N) is 1. The van der Waals surface area contributed by atoms with Crippen molar-refractivity contribution < 1.29 is 23.9 Å². The summed E-state index contributed by atoms with van der Waals surface area (Å²) in [5.41, 5.74) is 1.50. The summed E-state index contributed by atoms with van der Waals surface area (Å²) in [4.78, 5) is 36.6. The van der Waals surface area contributed by atoms with E-state index in [4.69, 9.17) is 9.47 Å². The molecule has 0 bridgehead atoms. The maximum Gasteiger partial charge on any atom is 0.348 e. The Morgan fingerprint density at radius 3 is 2.56 bits per heavy atom. The molecule has 0 saturated heterocycles. The number of carbonyl (C=O) groups is 3. The third-order valence-corrected chi connectivity index (χ3v) is 4.51. The van der Waals surface area contributed by atoms with Crippen LogP contribution in [0.2, 0.25) is 0 Å². The molecule has 8 nitrogen and oxygen atoms in total. The van der Waals surface area contributed by atoms with Gasteiger partial charge in [0, 0.05) is 6.20 Å². The Kier molecular flexibility index (Phi) is 5.92. The largest absolute Gasteiger partial charge is 0.465 e. The lowest BCUT2D eigenvalue weighted by Crippen LogP contribution is -2.20. The van der Waals surface area contributed by atoms with Crippen molar-refractivity contribution in [3.63, 3.8) is 0 Å². The van der Waals surface area contributed by atoms with E-state index in [0.717, 1.165) is 16.9 Å². The third-order valence-electron chi connectivity index (χ3n) is 3.32. The van der Waals surface area contributed by atoms with Crippen LogP contribution in [0.1, 0.15) is 38.1 Å². The molecule has 0 aromatic carbocycles. The summed E-state index contributed by atoms with van der Waals surface area (Å²) in [7, 11) is 1.24. The number of rotatable bonds is 6. The van der Waals surface area contributed by atoms with Crippen LogP contribution >= 0.6 is 11.3 Å². The first-order valence-electron chi connectivity index (χ1n) is 7.55. The molecule has 0 spiro atoms. The number of anilines is 1. The van der Waals surface area contributed by atoms with Gasteiger partial charge in [-0.2, -0.15) is 5.10 Å². The molecule has 0 atom stereocenters. The van der Waals surface area contributed by atoms with Gasteiger partial charge in [0.15, 0.2) is 0 Å². The van der Waals surface area contributed by atoms with E-state index in [9.17, 15) is 14.4 Å². The SMILES string of the molecule is CCOC(=O)c1sc(NC(=O)Cn2cc(C)cn2)c(C(=O)OC)c1C. The number of thiophene rings is 1. The fourth-order valence-corrected chi connectivity index (χ4v) is 3.31. The molecular formula is C16H19N3O5S. The molecule has 1 N–H and O–H groups in total. The molecule has 9 heteroatoms. The van der Waals surface area contributed by atoms with Crippen molar-refractivity contribution in [2.75, 3.05) is 19.0 Å². The molecule has 0 radical (unpaired) electrons. The van der Waals surface area contributed by atoms with E-state index < -0.39 is 11.9 Å². The van der Waals surface area contributed by atoms with Crippen LogP contribution in [0.25, 0.3) is 0 Å². The summed E-state index contributed by atoms with van der Waals surface area (Å²) in [6, 6.07) is 0. The van der Waals surface area contributed by atoms with Gasteiger partial charge in [-0.1, -0.05) is 0 Å². The highest BCUT2D eigenvalue weighted by atomic mass is 32.1. The van der Waals surface area contributed by atoms with E-state index >= 15 is 0 Å². The van der Waals surface area contributed by atoms with Gasteiger partial charge in [0.05, 0.1) is 25.5 Å². The van der Waals surface area contributed by atoms with Crippen molar-refractivity contribution in [3.05, 3.63) is 34.0 Å². The summed E-state index contributed by atoms with van der Waals surface area (Å²) in [6.45, 7) is 5.37. The van der Waals surface area contributed by atoms with E-state index in [-0.39, 0.29) is 34.5 Å². The highest BCUT2D eigenvalue weighted by Crippen LogP contribution is 2.34. The molecular weight excluding hydrogens is 346 g/mol. The van der Waals surface area contributed by atoms with Crippen LogP contribution in [0.3, 0.4) is 0 Å². The van der Waals surface area contributed by atoms with Crippen molar-refractivity contribution in [2.45, 2.75) is 27.3 Å². The van der Waals surface area contributed by atoms with Crippen LogP contribution in [0.4, 0.5) is 5.00 Å². The summed E-state index contributed by atoms with van der Waals surface area (Å²) < 4.78 is 11.2.